The van der Waals surface area contributed by atoms with Crippen molar-refractivity contribution in [1.29, 1.82) is 0 Å². The number of aromatic nitrogens is 2. The van der Waals surface area contributed by atoms with Crippen LogP contribution in [0.25, 0.3) is 28.2 Å². The first-order chi connectivity index (χ1) is 14.0. The Labute approximate surface area is 176 Å². The number of nitrogens with zero attached hydrogens (tertiary/aromatic N) is 3. The maximum Gasteiger partial charge on any atom is 0.131 e. The van der Waals surface area contributed by atoms with Crippen LogP contribution >= 0.6 is 11.8 Å². The molecule has 3 aromatic rings. The molecule has 150 valence electrons. The van der Waals surface area contributed by atoms with Crippen molar-refractivity contribution < 1.29 is 4.74 Å². The minimum Gasteiger partial charge on any atom is -0.483 e. The number of hydrogen-bond donors (Lipinski definition) is 0. The number of hydrogen-bond acceptors (Lipinski definition) is 4. The summed E-state index contributed by atoms with van der Waals surface area (Å²) in [4.78, 5) is 4.98. The van der Waals surface area contributed by atoms with Gasteiger partial charge in [-0.15, -0.1) is 0 Å². The van der Waals surface area contributed by atoms with Gasteiger partial charge in [0.25, 0.3) is 0 Å². The van der Waals surface area contributed by atoms with E-state index in [0.29, 0.717) is 0 Å². The molecule has 5 heteroatoms. The van der Waals surface area contributed by atoms with Crippen LogP contribution in [-0.2, 0) is 6.54 Å². The topological polar surface area (TPSA) is 30.3 Å². The third kappa shape index (κ3) is 3.08. The Morgan fingerprint density at radius 3 is 2.76 bits per heavy atom. The van der Waals surface area contributed by atoms with E-state index in [4.69, 9.17) is 9.84 Å². The van der Waals surface area contributed by atoms with Gasteiger partial charge in [0.2, 0.25) is 0 Å². The van der Waals surface area contributed by atoms with E-state index in [2.05, 4.69) is 79.8 Å². The smallest absolute Gasteiger partial charge is 0.131 e. The molecule has 2 aliphatic heterocycles. The van der Waals surface area contributed by atoms with E-state index >= 15 is 0 Å². The average molecular weight is 406 g/mol. The van der Waals surface area contributed by atoms with Gasteiger partial charge in [-0.25, -0.2) is 0 Å². The SMILES string of the molecule is CCN(CC)CCn1nc2c3c(c4c(cc31)OC(C)(C)C=C4)Sc1ccccc1-2. The van der Waals surface area contributed by atoms with Gasteiger partial charge in [0, 0.05) is 38.9 Å². The fraction of sp³-hybridized carbons (Fsp3) is 0.375. The summed E-state index contributed by atoms with van der Waals surface area (Å²) in [6.45, 7) is 12.6. The summed E-state index contributed by atoms with van der Waals surface area (Å²) in [7, 11) is 0. The minimum absolute atomic E-state index is 0.292. The molecule has 2 aromatic carbocycles. The maximum absolute atomic E-state index is 6.36. The molecule has 0 fully saturated rings. The van der Waals surface area contributed by atoms with Gasteiger partial charge in [-0.05, 0) is 39.1 Å². The molecule has 29 heavy (non-hydrogen) atoms. The number of ether oxygens (including phenoxy) is 1. The van der Waals surface area contributed by atoms with Crippen molar-refractivity contribution in [2.45, 2.75) is 49.6 Å². The molecule has 0 aliphatic carbocycles. The van der Waals surface area contributed by atoms with E-state index in [-0.39, 0.29) is 5.60 Å². The van der Waals surface area contributed by atoms with Crippen LogP contribution in [0, 0.1) is 0 Å². The first-order valence-corrected chi connectivity index (χ1v) is 11.3. The lowest BCUT2D eigenvalue weighted by Gasteiger charge is -2.30. The monoisotopic (exact) mass is 405 g/mol. The molecule has 1 aromatic heterocycles. The predicted octanol–water partition coefficient (Wildman–Crippen LogP) is 5.69. The van der Waals surface area contributed by atoms with Crippen LogP contribution in [0.5, 0.6) is 5.75 Å². The molecule has 0 bridgehead atoms. The highest BCUT2D eigenvalue weighted by atomic mass is 32.2. The zero-order chi connectivity index (χ0) is 20.2. The minimum atomic E-state index is -0.292. The quantitative estimate of drug-likeness (QED) is 0.426. The van der Waals surface area contributed by atoms with Gasteiger partial charge < -0.3 is 9.64 Å². The van der Waals surface area contributed by atoms with Crippen molar-refractivity contribution in [3.63, 3.8) is 0 Å². The van der Waals surface area contributed by atoms with E-state index in [1.54, 1.807) is 0 Å². The van der Waals surface area contributed by atoms with Crippen LogP contribution in [0.15, 0.2) is 46.2 Å². The van der Waals surface area contributed by atoms with E-state index < -0.39 is 0 Å². The van der Waals surface area contributed by atoms with Crippen LogP contribution < -0.4 is 4.74 Å². The standard InChI is InChI=1S/C24H27N3OS/c1-5-26(6-2)13-14-27-18-15-19-16(11-12-24(3,4)28-19)23-21(18)22(25-27)17-9-7-8-10-20(17)29-23/h7-12,15H,5-6,13-14H2,1-4H3. The highest BCUT2D eigenvalue weighted by Crippen LogP contribution is 2.52. The van der Waals surface area contributed by atoms with Crippen molar-refractivity contribution >= 4 is 28.7 Å². The zero-order valence-corrected chi connectivity index (χ0v) is 18.3. The summed E-state index contributed by atoms with van der Waals surface area (Å²) in [5.41, 5.74) is 4.40. The summed E-state index contributed by atoms with van der Waals surface area (Å²) < 4.78 is 8.55. The molecule has 0 saturated carbocycles. The summed E-state index contributed by atoms with van der Waals surface area (Å²) in [5, 5.41) is 6.37. The van der Waals surface area contributed by atoms with Crippen LogP contribution in [0.4, 0.5) is 0 Å². The zero-order valence-electron chi connectivity index (χ0n) is 17.5. The average Bonchev–Trinajstić information content (AvgIpc) is 3.07. The Morgan fingerprint density at radius 2 is 1.97 bits per heavy atom. The van der Waals surface area contributed by atoms with Gasteiger partial charge in [-0.1, -0.05) is 49.9 Å². The highest BCUT2D eigenvalue weighted by Gasteiger charge is 2.31. The Hall–Kier alpha value is -2.24. The summed E-state index contributed by atoms with van der Waals surface area (Å²) >= 11 is 1.84. The lowest BCUT2D eigenvalue weighted by molar-refractivity contribution is 0.158. The van der Waals surface area contributed by atoms with Crippen LogP contribution in [0.2, 0.25) is 0 Å². The fourth-order valence-electron chi connectivity index (χ4n) is 4.24. The second kappa shape index (κ2) is 6.92. The van der Waals surface area contributed by atoms with Gasteiger partial charge in [0.05, 0.1) is 12.1 Å². The first kappa shape index (κ1) is 18.8. The van der Waals surface area contributed by atoms with E-state index in [9.17, 15) is 0 Å². The van der Waals surface area contributed by atoms with Crippen molar-refractivity contribution in [3.8, 4) is 17.0 Å². The normalized spacial score (nSPS) is 16.0. The second-order valence-corrected chi connectivity index (χ2v) is 9.30. The number of fused-ring (bicyclic) bond motifs is 4. The number of likely N-dealkylation sites (N-methyl/N-ethyl adjacent to an activating group) is 1. The van der Waals surface area contributed by atoms with E-state index in [1.807, 2.05) is 11.8 Å². The Kier molecular flexibility index (Phi) is 4.48. The van der Waals surface area contributed by atoms with Crippen molar-refractivity contribution in [2.24, 2.45) is 0 Å². The van der Waals surface area contributed by atoms with Crippen LogP contribution in [-0.4, -0.2) is 39.9 Å². The predicted molar refractivity (Wildman–Crippen MR) is 121 cm³/mol. The third-order valence-electron chi connectivity index (χ3n) is 5.90. The molecule has 0 spiro atoms. The van der Waals surface area contributed by atoms with Crippen molar-refractivity contribution in [2.75, 3.05) is 19.6 Å². The van der Waals surface area contributed by atoms with Gasteiger partial charge in [-0.2, -0.15) is 5.10 Å². The lowest BCUT2D eigenvalue weighted by Crippen LogP contribution is -2.28. The molecule has 4 nitrogen and oxygen atoms in total. The van der Waals surface area contributed by atoms with E-state index in [0.717, 1.165) is 37.6 Å². The highest BCUT2D eigenvalue weighted by molar-refractivity contribution is 8.00. The molecular weight excluding hydrogens is 378 g/mol. The Morgan fingerprint density at radius 1 is 1.17 bits per heavy atom. The molecule has 0 atom stereocenters. The molecule has 3 heterocycles. The molecule has 0 saturated heterocycles. The molecule has 0 amide bonds. The van der Waals surface area contributed by atoms with Gasteiger partial charge >= 0.3 is 0 Å². The van der Waals surface area contributed by atoms with Gasteiger partial charge in [0.15, 0.2) is 0 Å². The van der Waals surface area contributed by atoms with Gasteiger partial charge in [-0.3, -0.25) is 4.68 Å². The second-order valence-electron chi connectivity index (χ2n) is 8.25. The largest absolute Gasteiger partial charge is 0.483 e. The first-order valence-electron chi connectivity index (χ1n) is 10.5. The lowest BCUT2D eigenvalue weighted by atomic mass is 9.99. The van der Waals surface area contributed by atoms with Crippen molar-refractivity contribution in [1.82, 2.24) is 14.7 Å². The summed E-state index contributed by atoms with van der Waals surface area (Å²) in [5.74, 6) is 0.961. The summed E-state index contributed by atoms with van der Waals surface area (Å²) in [6.07, 6.45) is 4.38. The molecule has 5 rings (SSSR count). The molecule has 0 radical (unpaired) electrons. The van der Waals surface area contributed by atoms with Gasteiger partial charge in [0.1, 0.15) is 17.0 Å². The third-order valence-corrected chi connectivity index (χ3v) is 7.10. The molecule has 0 N–H and O–H groups in total. The summed E-state index contributed by atoms with van der Waals surface area (Å²) in [6, 6.07) is 10.8. The maximum atomic E-state index is 6.36. The Bertz CT molecular complexity index is 1120. The molecule has 0 unspecified atom stereocenters. The fourth-order valence-corrected chi connectivity index (χ4v) is 5.46. The Balaban J connectivity index is 1.71. The molecule has 2 aliphatic rings. The van der Waals surface area contributed by atoms with Crippen LogP contribution in [0.1, 0.15) is 33.3 Å². The van der Waals surface area contributed by atoms with E-state index in [1.165, 1.54) is 31.8 Å². The number of benzene rings is 2. The van der Waals surface area contributed by atoms with Crippen molar-refractivity contribution in [3.05, 3.63) is 42.0 Å². The molecular formula is C24H27N3OS. The van der Waals surface area contributed by atoms with Crippen LogP contribution in [0.3, 0.4) is 0 Å². The number of rotatable bonds is 5.